The van der Waals surface area contributed by atoms with Gasteiger partial charge in [-0.1, -0.05) is 12.1 Å². The first kappa shape index (κ1) is 12.5. The largest absolute Gasteiger partial charge is 0.381 e. The third kappa shape index (κ3) is 4.11. The van der Waals surface area contributed by atoms with Crippen LogP contribution in [0.4, 0.5) is 0 Å². The highest BCUT2D eigenvalue weighted by Gasteiger charge is 2.15. The van der Waals surface area contributed by atoms with E-state index >= 15 is 0 Å². The Labute approximate surface area is 101 Å². The Bertz CT molecular complexity index is 321. The normalized spacial score (nSPS) is 17.5. The van der Waals surface area contributed by atoms with Crippen LogP contribution < -0.4 is 5.32 Å². The molecule has 0 amide bonds. The molecule has 0 aromatic carbocycles. The van der Waals surface area contributed by atoms with Crippen molar-refractivity contribution in [3.8, 4) is 0 Å². The topological polar surface area (TPSA) is 56.5 Å². The highest BCUT2D eigenvalue weighted by Crippen LogP contribution is 2.13. The van der Waals surface area contributed by atoms with Gasteiger partial charge in [-0.3, -0.25) is 0 Å². The van der Waals surface area contributed by atoms with Gasteiger partial charge in [-0.05, 0) is 19.4 Å². The summed E-state index contributed by atoms with van der Waals surface area (Å²) in [6, 6.07) is 1.95. The van der Waals surface area contributed by atoms with Crippen molar-refractivity contribution in [2.75, 3.05) is 19.8 Å². The van der Waals surface area contributed by atoms with Gasteiger partial charge in [0.25, 0.3) is 0 Å². The molecule has 5 nitrogen and oxygen atoms in total. The summed E-state index contributed by atoms with van der Waals surface area (Å²) in [5.41, 5.74) is 0.928. The molecule has 0 atom stereocenters. The molecule has 1 N–H and O–H groups in total. The number of hydrogen-bond acceptors (Lipinski definition) is 5. The Kier molecular flexibility index (Phi) is 4.97. The zero-order chi connectivity index (χ0) is 11.9. The van der Waals surface area contributed by atoms with Gasteiger partial charge in [-0.25, -0.2) is 0 Å². The van der Waals surface area contributed by atoms with E-state index in [-0.39, 0.29) is 0 Å². The van der Waals surface area contributed by atoms with E-state index in [1.165, 1.54) is 0 Å². The average molecular weight is 240 g/mol. The zero-order valence-corrected chi connectivity index (χ0v) is 10.3. The summed E-state index contributed by atoms with van der Waals surface area (Å²) in [7, 11) is 0. The molecule has 1 aliphatic heterocycles. The van der Waals surface area contributed by atoms with E-state index in [1.54, 1.807) is 0 Å². The first-order chi connectivity index (χ1) is 8.38. The molecular weight excluding hydrogens is 220 g/mol. The van der Waals surface area contributed by atoms with Gasteiger partial charge in [0.05, 0.1) is 11.8 Å². The lowest BCUT2D eigenvalue weighted by Crippen LogP contribution is -2.23. The minimum absolute atomic E-state index is 0.297. The van der Waals surface area contributed by atoms with E-state index in [4.69, 9.17) is 14.0 Å². The van der Waals surface area contributed by atoms with Crippen molar-refractivity contribution in [2.24, 2.45) is 0 Å². The summed E-state index contributed by atoms with van der Waals surface area (Å²) in [6.45, 7) is 5.84. The van der Waals surface area contributed by atoms with Crippen molar-refractivity contribution in [3.05, 3.63) is 17.5 Å². The van der Waals surface area contributed by atoms with Crippen molar-refractivity contribution in [3.63, 3.8) is 0 Å². The Hall–Kier alpha value is -0.910. The second-order valence-electron chi connectivity index (χ2n) is 4.19. The molecule has 0 unspecified atom stereocenters. The number of rotatable bonds is 6. The monoisotopic (exact) mass is 240 g/mol. The Morgan fingerprint density at radius 3 is 3.06 bits per heavy atom. The smallest absolute Gasteiger partial charge is 0.162 e. The van der Waals surface area contributed by atoms with E-state index in [1.807, 2.05) is 6.07 Å². The van der Waals surface area contributed by atoms with E-state index < -0.39 is 0 Å². The molecule has 2 heterocycles. The van der Waals surface area contributed by atoms with Crippen LogP contribution in [0.15, 0.2) is 10.6 Å². The molecule has 1 fully saturated rings. The van der Waals surface area contributed by atoms with Crippen LogP contribution in [-0.2, 0) is 22.6 Å². The Morgan fingerprint density at radius 1 is 1.47 bits per heavy atom. The summed E-state index contributed by atoms with van der Waals surface area (Å²) in [5.74, 6) is 0.796. The van der Waals surface area contributed by atoms with Gasteiger partial charge in [0, 0.05) is 25.8 Å². The molecule has 1 aliphatic rings. The van der Waals surface area contributed by atoms with Crippen LogP contribution in [0.5, 0.6) is 0 Å². The summed E-state index contributed by atoms with van der Waals surface area (Å²) >= 11 is 0. The maximum atomic E-state index is 5.75. The molecular formula is C12H20N2O3. The molecule has 0 bridgehead atoms. The van der Waals surface area contributed by atoms with Gasteiger partial charge < -0.3 is 19.3 Å². The van der Waals surface area contributed by atoms with Crippen molar-refractivity contribution in [1.29, 1.82) is 0 Å². The van der Waals surface area contributed by atoms with Crippen molar-refractivity contribution < 1.29 is 14.0 Å². The number of nitrogens with one attached hydrogen (secondary N) is 1. The van der Waals surface area contributed by atoms with Crippen molar-refractivity contribution >= 4 is 0 Å². The highest BCUT2D eigenvalue weighted by atomic mass is 16.5. The van der Waals surface area contributed by atoms with Gasteiger partial charge >= 0.3 is 0 Å². The predicted molar refractivity (Wildman–Crippen MR) is 62.5 cm³/mol. The van der Waals surface area contributed by atoms with Crippen LogP contribution in [0.3, 0.4) is 0 Å². The first-order valence-electron chi connectivity index (χ1n) is 6.23. The summed E-state index contributed by atoms with van der Waals surface area (Å²) in [6.07, 6.45) is 2.24. The predicted octanol–water partition coefficient (Wildman–Crippen LogP) is 1.48. The molecule has 2 rings (SSSR count). The van der Waals surface area contributed by atoms with Crippen LogP contribution in [-0.4, -0.2) is 31.0 Å². The fourth-order valence-corrected chi connectivity index (χ4v) is 1.80. The molecule has 1 aromatic rings. The average Bonchev–Trinajstić information content (AvgIpc) is 2.83. The van der Waals surface area contributed by atoms with Crippen LogP contribution in [0.1, 0.15) is 31.2 Å². The van der Waals surface area contributed by atoms with Crippen molar-refractivity contribution in [1.82, 2.24) is 10.5 Å². The molecule has 96 valence electrons. The molecule has 0 radical (unpaired) electrons. The zero-order valence-electron chi connectivity index (χ0n) is 10.3. The molecule has 17 heavy (non-hydrogen) atoms. The fraction of sp³-hybridized carbons (Fsp3) is 0.750. The highest BCUT2D eigenvalue weighted by molar-refractivity contribution is 5.04. The van der Waals surface area contributed by atoms with Gasteiger partial charge in [-0.15, -0.1) is 0 Å². The van der Waals surface area contributed by atoms with Crippen LogP contribution in [0, 0.1) is 0 Å². The maximum Gasteiger partial charge on any atom is 0.162 e. The Morgan fingerprint density at radius 2 is 2.29 bits per heavy atom. The summed E-state index contributed by atoms with van der Waals surface area (Å²) < 4.78 is 16.2. The fourth-order valence-electron chi connectivity index (χ4n) is 1.80. The van der Waals surface area contributed by atoms with Gasteiger partial charge in [0.15, 0.2) is 5.76 Å². The number of nitrogens with zero attached hydrogens (tertiary/aromatic N) is 1. The minimum Gasteiger partial charge on any atom is -0.381 e. The molecule has 0 spiro atoms. The van der Waals surface area contributed by atoms with Crippen LogP contribution in [0.2, 0.25) is 0 Å². The van der Waals surface area contributed by atoms with E-state index in [0.29, 0.717) is 12.7 Å². The third-order valence-electron chi connectivity index (χ3n) is 2.79. The quantitative estimate of drug-likeness (QED) is 0.816. The first-order valence-corrected chi connectivity index (χ1v) is 6.23. The van der Waals surface area contributed by atoms with E-state index in [9.17, 15) is 0 Å². The molecule has 0 aliphatic carbocycles. The minimum atomic E-state index is 0.297. The van der Waals surface area contributed by atoms with Crippen molar-refractivity contribution in [2.45, 2.75) is 39.0 Å². The third-order valence-corrected chi connectivity index (χ3v) is 2.79. The number of aromatic nitrogens is 1. The maximum absolute atomic E-state index is 5.75. The standard InChI is InChI=1S/C12H20N2O3/c1-2-13-8-10-7-12(17-14-10)9-16-11-3-5-15-6-4-11/h7,11,13H,2-6,8-9H2,1H3. The lowest BCUT2D eigenvalue weighted by Gasteiger charge is -2.21. The van der Waals surface area contributed by atoms with Gasteiger partial charge in [0.2, 0.25) is 0 Å². The molecule has 1 saturated heterocycles. The second-order valence-corrected chi connectivity index (χ2v) is 4.19. The SMILES string of the molecule is CCNCc1cc(COC2CCOCC2)on1. The number of hydrogen-bond donors (Lipinski definition) is 1. The van der Waals surface area contributed by atoms with Gasteiger partial charge in [-0.2, -0.15) is 0 Å². The molecule has 5 heteroatoms. The summed E-state index contributed by atoms with van der Waals surface area (Å²) in [4.78, 5) is 0. The summed E-state index contributed by atoms with van der Waals surface area (Å²) in [5, 5.41) is 7.18. The Balaban J connectivity index is 1.72. The van der Waals surface area contributed by atoms with E-state index in [0.717, 1.165) is 50.6 Å². The van der Waals surface area contributed by atoms with Crippen LogP contribution >= 0.6 is 0 Å². The lowest BCUT2D eigenvalue weighted by molar-refractivity contribution is -0.0443. The van der Waals surface area contributed by atoms with Crippen LogP contribution in [0.25, 0.3) is 0 Å². The van der Waals surface area contributed by atoms with E-state index in [2.05, 4.69) is 17.4 Å². The molecule has 1 aromatic heterocycles. The number of ether oxygens (including phenoxy) is 2. The molecule has 0 saturated carbocycles. The van der Waals surface area contributed by atoms with Gasteiger partial charge in [0.1, 0.15) is 6.61 Å². The lowest BCUT2D eigenvalue weighted by atomic mass is 10.1. The second kappa shape index (κ2) is 6.74.